The summed E-state index contributed by atoms with van der Waals surface area (Å²) < 4.78 is 11.8. The largest absolute Gasteiger partial charge is 0.492 e. The van der Waals surface area contributed by atoms with Crippen LogP contribution in [0.2, 0.25) is 0 Å². The first kappa shape index (κ1) is 42.1. The van der Waals surface area contributed by atoms with E-state index < -0.39 is 65.5 Å². The van der Waals surface area contributed by atoms with Gasteiger partial charge in [-0.15, -0.1) is 0 Å². The molecule has 0 aromatic heterocycles. The fourth-order valence-electron chi connectivity index (χ4n) is 8.97. The molecule has 14 heteroatoms. The minimum atomic E-state index is -2.14. The topological polar surface area (TPSA) is 201 Å². The smallest absolute Gasteiger partial charge is 0.329 e. The number of anilines is 1. The van der Waals surface area contributed by atoms with Gasteiger partial charge in [0.25, 0.3) is 5.91 Å². The highest BCUT2D eigenvalue weighted by Crippen LogP contribution is 2.64. The molecule has 61 heavy (non-hydrogen) atoms. The summed E-state index contributed by atoms with van der Waals surface area (Å²) in [6.07, 6.45) is 2.75. The molecule has 2 fully saturated rings. The molecule has 2 saturated heterocycles. The van der Waals surface area contributed by atoms with E-state index in [0.717, 1.165) is 10.5 Å². The minimum Gasteiger partial charge on any atom is -0.492 e. The quantitative estimate of drug-likeness (QED) is 0.0446. The number of rotatable bonds is 15. The molecular formula is C47H47N5O9. The van der Waals surface area contributed by atoms with Gasteiger partial charge in [0.05, 0.1) is 24.3 Å². The number of carbonyl (C=O) groups is 5. The molecule has 0 radical (unpaired) electrons. The number of nitrogens with one attached hydrogen (secondary N) is 2. The number of hydrogen-bond acceptors (Lipinski definition) is 9. The van der Waals surface area contributed by atoms with Gasteiger partial charge in [0.15, 0.2) is 0 Å². The summed E-state index contributed by atoms with van der Waals surface area (Å²) in [5.41, 5.74) is 6.34. The summed E-state index contributed by atoms with van der Waals surface area (Å²) in [4.78, 5) is 73.7. The highest BCUT2D eigenvalue weighted by molar-refractivity contribution is 6.22. The van der Waals surface area contributed by atoms with Crippen molar-refractivity contribution < 1.29 is 43.7 Å². The van der Waals surface area contributed by atoms with Crippen LogP contribution in [0.3, 0.4) is 0 Å². The third-order valence-corrected chi connectivity index (χ3v) is 11.4. The molecule has 5 amide bonds. The van der Waals surface area contributed by atoms with Gasteiger partial charge in [0.1, 0.15) is 30.1 Å². The molecule has 7 rings (SSSR count). The normalized spacial score (nSPS) is 23.0. The van der Waals surface area contributed by atoms with Crippen molar-refractivity contribution in [1.29, 1.82) is 0 Å². The Labute approximate surface area is 352 Å². The van der Waals surface area contributed by atoms with E-state index in [0.29, 0.717) is 35.1 Å². The van der Waals surface area contributed by atoms with E-state index in [4.69, 9.17) is 15.2 Å². The van der Waals surface area contributed by atoms with Crippen molar-refractivity contribution in [3.8, 4) is 0 Å². The highest BCUT2D eigenvalue weighted by Gasteiger charge is 2.75. The molecule has 0 unspecified atom stereocenters. The molecule has 6 N–H and O–H groups in total. The maximum Gasteiger partial charge on any atom is 0.329 e. The predicted molar refractivity (Wildman–Crippen MR) is 226 cm³/mol. The Bertz CT molecular complexity index is 2360. The number of benzene rings is 4. The Balaban J connectivity index is 1.50. The third kappa shape index (κ3) is 8.02. The number of aliphatic hydroxyl groups is 1. The van der Waals surface area contributed by atoms with Crippen LogP contribution in [-0.2, 0) is 36.8 Å². The number of amides is 5. The van der Waals surface area contributed by atoms with Gasteiger partial charge in [-0.05, 0) is 58.4 Å². The van der Waals surface area contributed by atoms with E-state index in [1.165, 1.54) is 12.2 Å². The van der Waals surface area contributed by atoms with Crippen molar-refractivity contribution >= 4 is 35.6 Å². The number of carbonyl (C=O) groups excluding carboxylic acids is 4. The van der Waals surface area contributed by atoms with Gasteiger partial charge in [-0.1, -0.05) is 122 Å². The fourth-order valence-corrected chi connectivity index (χ4v) is 8.97. The lowest BCUT2D eigenvalue weighted by molar-refractivity contribution is -0.182. The maximum absolute atomic E-state index is 16.2. The second kappa shape index (κ2) is 18.1. The van der Waals surface area contributed by atoms with Crippen molar-refractivity contribution in [2.24, 2.45) is 11.7 Å². The van der Waals surface area contributed by atoms with Gasteiger partial charge in [0.2, 0.25) is 0 Å². The van der Waals surface area contributed by atoms with Crippen molar-refractivity contribution in [3.05, 3.63) is 174 Å². The van der Waals surface area contributed by atoms with Crippen LogP contribution >= 0.6 is 0 Å². The van der Waals surface area contributed by atoms with Crippen LogP contribution in [0.25, 0.3) is 0 Å². The number of cyclic esters (lactones) is 1. The van der Waals surface area contributed by atoms with Gasteiger partial charge >= 0.3 is 24.0 Å². The van der Waals surface area contributed by atoms with Gasteiger partial charge in [-0.25, -0.2) is 14.5 Å². The lowest BCUT2D eigenvalue weighted by Crippen LogP contribution is -2.68. The lowest BCUT2D eigenvalue weighted by atomic mass is 9.66. The number of carboxylic acids is 1. The molecule has 4 aromatic rings. The summed E-state index contributed by atoms with van der Waals surface area (Å²) in [6.45, 7) is 8.33. The molecular weight excluding hydrogens is 779 g/mol. The third-order valence-electron chi connectivity index (χ3n) is 11.4. The standard InChI is InChI=1S/C47H47N5O9/c1-29(20-21-30(2)60-26-25-53)47-38(37(42(54)55)40-43(56)61-41(34-18-10-5-11-19-34)39(52(40)47)33-16-8-4-9-17-33)35-27-31(15-12-24-49-45(48)58)22-23-36(35)51(44(47)57)46(59)50-28-32-13-6-3-7-14-32/h3-11,13-14,16-23,27,37-41,53H,1-2,12,15,24-26,28H2,(H,50,59)(H,54,55)(H3,48,49,58)/b21-20-/t37-,38+,39-,40-,41+,47+/m1/s1. The summed E-state index contributed by atoms with van der Waals surface area (Å²) >= 11 is 0. The number of aliphatic carboxylic acids is 1. The van der Waals surface area contributed by atoms with Crippen LogP contribution in [-0.4, -0.2) is 76.4 Å². The van der Waals surface area contributed by atoms with Gasteiger partial charge in [-0.3, -0.25) is 19.3 Å². The fraction of sp³-hybridized carbons (Fsp3) is 0.255. The molecule has 6 atom stereocenters. The minimum absolute atomic E-state index is 0.0509. The summed E-state index contributed by atoms with van der Waals surface area (Å²) in [7, 11) is 0. The Kier molecular flexibility index (Phi) is 12.5. The van der Waals surface area contributed by atoms with E-state index >= 15 is 4.79 Å². The molecule has 0 aliphatic carbocycles. The number of primary amides is 1. The first-order valence-corrected chi connectivity index (χ1v) is 19.9. The number of nitrogens with zero attached hydrogens (tertiary/aromatic N) is 2. The number of aryl methyl sites for hydroxylation is 1. The zero-order valence-electron chi connectivity index (χ0n) is 33.3. The molecule has 3 heterocycles. The van der Waals surface area contributed by atoms with Crippen molar-refractivity contribution in [2.75, 3.05) is 24.7 Å². The number of urea groups is 2. The van der Waals surface area contributed by atoms with Crippen LogP contribution < -0.4 is 21.3 Å². The van der Waals surface area contributed by atoms with Crippen LogP contribution in [0.5, 0.6) is 0 Å². The van der Waals surface area contributed by atoms with Crippen LogP contribution in [0.15, 0.2) is 146 Å². The number of aliphatic hydroxyl groups excluding tert-OH is 1. The van der Waals surface area contributed by atoms with Crippen LogP contribution in [0, 0.1) is 5.92 Å². The van der Waals surface area contributed by atoms with Crippen LogP contribution in [0.4, 0.5) is 15.3 Å². The number of nitrogens with two attached hydrogens (primary N) is 1. The molecule has 14 nitrogen and oxygen atoms in total. The monoisotopic (exact) mass is 825 g/mol. The van der Waals surface area contributed by atoms with E-state index in [1.54, 1.807) is 59.5 Å². The number of esters is 1. The summed E-state index contributed by atoms with van der Waals surface area (Å²) in [6, 6.07) is 28.3. The SMILES string of the molecule is C=C(/C=C\C(=C)[C@@]12C(=O)N(C(=O)NCc3ccccc3)c3ccc(CCCNC(N)=O)cc3[C@H]1[C@@H](C(=O)O)[C@@H]1C(=O)O[C@@H](c3ccccc3)[C@@H](c3ccccc3)N12)OCCO. The van der Waals surface area contributed by atoms with Gasteiger partial charge in [-0.2, -0.15) is 0 Å². The number of ether oxygens (including phenoxy) is 2. The molecule has 0 bridgehead atoms. The van der Waals surface area contributed by atoms with E-state index in [2.05, 4.69) is 23.8 Å². The molecule has 314 valence electrons. The zero-order chi connectivity index (χ0) is 43.3. The number of carboxylic acid groups (broad SMARTS) is 1. The Hall–Kier alpha value is -7.03. The Morgan fingerprint density at radius 2 is 1.51 bits per heavy atom. The summed E-state index contributed by atoms with van der Waals surface area (Å²) in [5.74, 6) is -5.87. The predicted octanol–water partition coefficient (Wildman–Crippen LogP) is 5.43. The van der Waals surface area contributed by atoms with Gasteiger partial charge < -0.3 is 36.1 Å². The van der Waals surface area contributed by atoms with Crippen LogP contribution in [0.1, 0.15) is 52.3 Å². The number of imide groups is 1. The summed E-state index contributed by atoms with van der Waals surface area (Å²) in [5, 5.41) is 26.2. The molecule has 3 aliphatic heterocycles. The number of hydrogen-bond donors (Lipinski definition) is 5. The van der Waals surface area contributed by atoms with E-state index in [-0.39, 0.29) is 43.3 Å². The Morgan fingerprint density at radius 1 is 0.852 bits per heavy atom. The zero-order valence-corrected chi connectivity index (χ0v) is 33.3. The molecule has 4 aromatic carbocycles. The first-order valence-electron chi connectivity index (χ1n) is 19.9. The average molecular weight is 826 g/mol. The second-order valence-electron chi connectivity index (χ2n) is 15.1. The van der Waals surface area contributed by atoms with E-state index in [1.807, 2.05) is 54.6 Å². The van der Waals surface area contributed by atoms with Crippen molar-refractivity contribution in [3.63, 3.8) is 0 Å². The van der Waals surface area contributed by atoms with E-state index in [9.17, 15) is 29.4 Å². The number of morpholine rings is 1. The van der Waals surface area contributed by atoms with Crippen molar-refractivity contribution in [2.45, 2.75) is 49.0 Å². The molecule has 0 spiro atoms. The first-order chi connectivity index (χ1) is 29.5. The Morgan fingerprint density at radius 3 is 2.15 bits per heavy atom. The molecule has 0 saturated carbocycles. The van der Waals surface area contributed by atoms with Gasteiger partial charge in [0, 0.05) is 19.0 Å². The average Bonchev–Trinajstić information content (AvgIpc) is 3.61. The lowest BCUT2D eigenvalue weighted by Gasteiger charge is -2.53. The van der Waals surface area contributed by atoms with Crippen molar-refractivity contribution in [1.82, 2.24) is 15.5 Å². The molecule has 3 aliphatic rings. The highest BCUT2D eigenvalue weighted by atomic mass is 16.6. The maximum atomic E-state index is 16.2. The second-order valence-corrected chi connectivity index (χ2v) is 15.1. The number of fused-ring (bicyclic) bond motifs is 5. The number of allylic oxidation sites excluding steroid dienone is 1.